The molecule has 2 rings (SSSR count). The zero-order valence-corrected chi connectivity index (χ0v) is 13.7. The van der Waals surface area contributed by atoms with Crippen LogP contribution in [0.1, 0.15) is 6.92 Å². The van der Waals surface area contributed by atoms with Crippen molar-refractivity contribution in [1.29, 1.82) is 0 Å². The SMILES string of the molecule is CC(Oc1ccccc1Cl)C(=O)Nc1cccc(I)c1. The molecule has 0 aliphatic heterocycles. The quantitative estimate of drug-likeness (QED) is 0.774. The summed E-state index contributed by atoms with van der Waals surface area (Å²) in [7, 11) is 0. The van der Waals surface area contributed by atoms with Gasteiger partial charge in [-0.05, 0) is 59.8 Å². The van der Waals surface area contributed by atoms with Gasteiger partial charge in [-0.15, -0.1) is 0 Å². The standard InChI is InChI=1S/C15H13ClINO2/c1-10(20-14-8-3-2-7-13(14)16)15(19)18-12-6-4-5-11(17)9-12/h2-10H,1H3,(H,18,19). The monoisotopic (exact) mass is 401 g/mol. The van der Waals surface area contributed by atoms with Gasteiger partial charge in [0.25, 0.3) is 5.91 Å². The fourth-order valence-corrected chi connectivity index (χ4v) is 2.32. The summed E-state index contributed by atoms with van der Waals surface area (Å²) in [4.78, 5) is 12.1. The molecule has 0 heterocycles. The molecule has 0 radical (unpaired) electrons. The van der Waals surface area contributed by atoms with Crippen LogP contribution in [-0.2, 0) is 4.79 Å². The van der Waals surface area contributed by atoms with Gasteiger partial charge in [-0.25, -0.2) is 0 Å². The maximum atomic E-state index is 12.1. The van der Waals surface area contributed by atoms with Gasteiger partial charge in [0.05, 0.1) is 5.02 Å². The van der Waals surface area contributed by atoms with Crippen molar-refractivity contribution in [3.63, 3.8) is 0 Å². The van der Waals surface area contributed by atoms with Crippen LogP contribution in [0.2, 0.25) is 5.02 Å². The third-order valence-electron chi connectivity index (χ3n) is 2.60. The third-order valence-corrected chi connectivity index (χ3v) is 3.59. The van der Waals surface area contributed by atoms with Crippen LogP contribution in [-0.4, -0.2) is 12.0 Å². The zero-order valence-electron chi connectivity index (χ0n) is 10.8. The van der Waals surface area contributed by atoms with E-state index in [-0.39, 0.29) is 5.91 Å². The maximum absolute atomic E-state index is 12.1. The Morgan fingerprint density at radius 3 is 2.70 bits per heavy atom. The molecule has 1 amide bonds. The Labute approximate surface area is 136 Å². The predicted octanol–water partition coefficient (Wildman–Crippen LogP) is 4.35. The van der Waals surface area contributed by atoms with E-state index in [0.29, 0.717) is 10.8 Å². The number of anilines is 1. The minimum atomic E-state index is -0.632. The number of ether oxygens (including phenoxy) is 1. The molecule has 0 aliphatic rings. The van der Waals surface area contributed by atoms with Gasteiger partial charge in [-0.3, -0.25) is 4.79 Å². The van der Waals surface area contributed by atoms with E-state index >= 15 is 0 Å². The van der Waals surface area contributed by atoms with Gasteiger partial charge in [0.1, 0.15) is 5.75 Å². The van der Waals surface area contributed by atoms with Crippen molar-refractivity contribution < 1.29 is 9.53 Å². The summed E-state index contributed by atoms with van der Waals surface area (Å²) in [6, 6.07) is 14.6. The van der Waals surface area contributed by atoms with Crippen LogP contribution in [0.3, 0.4) is 0 Å². The lowest BCUT2D eigenvalue weighted by Gasteiger charge is -2.15. The molecule has 20 heavy (non-hydrogen) atoms. The van der Waals surface area contributed by atoms with Gasteiger partial charge in [-0.1, -0.05) is 29.8 Å². The molecule has 0 aliphatic carbocycles. The molecule has 0 aromatic heterocycles. The number of halogens is 2. The molecule has 5 heteroatoms. The van der Waals surface area contributed by atoms with Gasteiger partial charge in [-0.2, -0.15) is 0 Å². The van der Waals surface area contributed by atoms with Gasteiger partial charge in [0.2, 0.25) is 0 Å². The van der Waals surface area contributed by atoms with E-state index in [9.17, 15) is 4.79 Å². The molecule has 0 fully saturated rings. The van der Waals surface area contributed by atoms with Gasteiger partial charge in [0.15, 0.2) is 6.10 Å². The van der Waals surface area contributed by atoms with E-state index < -0.39 is 6.10 Å². The second-order valence-electron chi connectivity index (χ2n) is 4.19. The van der Waals surface area contributed by atoms with E-state index in [1.165, 1.54) is 0 Å². The van der Waals surface area contributed by atoms with Gasteiger partial charge in [0, 0.05) is 9.26 Å². The number of carbonyl (C=O) groups excluding carboxylic acids is 1. The lowest BCUT2D eigenvalue weighted by molar-refractivity contribution is -0.122. The molecular formula is C15H13ClINO2. The number of hydrogen-bond acceptors (Lipinski definition) is 2. The summed E-state index contributed by atoms with van der Waals surface area (Å²) in [6.45, 7) is 1.69. The molecule has 2 aromatic carbocycles. The Hall–Kier alpha value is -1.27. The molecule has 0 bridgehead atoms. The highest BCUT2D eigenvalue weighted by Gasteiger charge is 2.16. The molecule has 3 nitrogen and oxygen atoms in total. The van der Waals surface area contributed by atoms with Crippen molar-refractivity contribution in [3.8, 4) is 5.75 Å². The van der Waals surface area contributed by atoms with Crippen LogP contribution in [0.4, 0.5) is 5.69 Å². The summed E-state index contributed by atoms with van der Waals surface area (Å²) >= 11 is 8.19. The fourth-order valence-electron chi connectivity index (χ4n) is 1.59. The van der Waals surface area contributed by atoms with Crippen molar-refractivity contribution in [1.82, 2.24) is 0 Å². The van der Waals surface area contributed by atoms with Crippen molar-refractivity contribution in [2.45, 2.75) is 13.0 Å². The molecule has 104 valence electrons. The summed E-state index contributed by atoms with van der Waals surface area (Å²) in [5.41, 5.74) is 0.747. The van der Waals surface area contributed by atoms with Crippen LogP contribution < -0.4 is 10.1 Å². The normalized spacial score (nSPS) is 11.8. The maximum Gasteiger partial charge on any atom is 0.265 e. The van der Waals surface area contributed by atoms with Crippen LogP contribution in [0.5, 0.6) is 5.75 Å². The molecule has 1 N–H and O–H groups in total. The smallest absolute Gasteiger partial charge is 0.265 e. The van der Waals surface area contributed by atoms with Gasteiger partial charge >= 0.3 is 0 Å². The Morgan fingerprint density at radius 1 is 1.25 bits per heavy atom. The summed E-state index contributed by atoms with van der Waals surface area (Å²) in [6.07, 6.45) is -0.632. The molecule has 0 saturated heterocycles. The number of carbonyl (C=O) groups is 1. The van der Waals surface area contributed by atoms with Crippen LogP contribution >= 0.6 is 34.2 Å². The second-order valence-corrected chi connectivity index (χ2v) is 5.84. The molecule has 1 atom stereocenters. The highest BCUT2D eigenvalue weighted by atomic mass is 127. The summed E-state index contributed by atoms with van der Waals surface area (Å²) < 4.78 is 6.62. The molecule has 0 saturated carbocycles. The van der Waals surface area contributed by atoms with Crippen molar-refractivity contribution in [2.24, 2.45) is 0 Å². The lowest BCUT2D eigenvalue weighted by Crippen LogP contribution is -2.30. The first-order chi connectivity index (χ1) is 9.56. The van der Waals surface area contributed by atoms with E-state index in [2.05, 4.69) is 27.9 Å². The van der Waals surface area contributed by atoms with Crippen LogP contribution in [0, 0.1) is 3.57 Å². The van der Waals surface area contributed by atoms with E-state index in [1.54, 1.807) is 19.1 Å². The molecular weight excluding hydrogens is 389 g/mol. The van der Waals surface area contributed by atoms with Crippen LogP contribution in [0.25, 0.3) is 0 Å². The Kier molecular flexibility index (Phi) is 5.25. The number of para-hydroxylation sites is 1. The zero-order chi connectivity index (χ0) is 14.5. The number of benzene rings is 2. The van der Waals surface area contributed by atoms with E-state index in [4.69, 9.17) is 16.3 Å². The topological polar surface area (TPSA) is 38.3 Å². The minimum absolute atomic E-state index is 0.216. The third kappa shape index (κ3) is 4.11. The molecule has 0 spiro atoms. The highest BCUT2D eigenvalue weighted by molar-refractivity contribution is 14.1. The van der Waals surface area contributed by atoms with Gasteiger partial charge < -0.3 is 10.1 Å². The Morgan fingerprint density at radius 2 is 2.00 bits per heavy atom. The second kappa shape index (κ2) is 6.95. The van der Waals surface area contributed by atoms with E-state index in [0.717, 1.165) is 9.26 Å². The first-order valence-corrected chi connectivity index (χ1v) is 7.49. The fraction of sp³-hybridized carbons (Fsp3) is 0.133. The molecule has 1 unspecified atom stereocenters. The average Bonchev–Trinajstić information content (AvgIpc) is 2.41. The van der Waals surface area contributed by atoms with Crippen molar-refractivity contribution in [2.75, 3.05) is 5.32 Å². The minimum Gasteiger partial charge on any atom is -0.479 e. The predicted molar refractivity (Wildman–Crippen MR) is 89.3 cm³/mol. The Balaban J connectivity index is 2.01. The number of rotatable bonds is 4. The summed E-state index contributed by atoms with van der Waals surface area (Å²) in [5, 5.41) is 3.30. The largest absolute Gasteiger partial charge is 0.479 e. The average molecular weight is 402 g/mol. The first kappa shape index (κ1) is 15.1. The van der Waals surface area contributed by atoms with Crippen molar-refractivity contribution in [3.05, 3.63) is 57.1 Å². The Bertz CT molecular complexity index is 618. The summed E-state index contributed by atoms with van der Waals surface area (Å²) in [5.74, 6) is 0.284. The highest BCUT2D eigenvalue weighted by Crippen LogP contribution is 2.24. The van der Waals surface area contributed by atoms with Crippen LogP contribution in [0.15, 0.2) is 48.5 Å². The van der Waals surface area contributed by atoms with E-state index in [1.807, 2.05) is 36.4 Å². The first-order valence-electron chi connectivity index (χ1n) is 6.04. The number of hydrogen-bond donors (Lipinski definition) is 1. The number of nitrogens with one attached hydrogen (secondary N) is 1. The molecule has 2 aromatic rings. The lowest BCUT2D eigenvalue weighted by atomic mass is 10.3. The van der Waals surface area contributed by atoms with Crippen molar-refractivity contribution >= 4 is 45.8 Å². The number of amides is 1.